The van der Waals surface area contributed by atoms with Gasteiger partial charge in [-0.25, -0.2) is 9.97 Å². The molecule has 0 amide bonds. The van der Waals surface area contributed by atoms with Crippen molar-refractivity contribution in [2.45, 2.75) is 5.41 Å². The number of benzene rings is 12. The molecule has 1 aliphatic rings. The van der Waals surface area contributed by atoms with E-state index in [-0.39, 0.29) is 0 Å². The van der Waals surface area contributed by atoms with Crippen LogP contribution in [0.1, 0.15) is 22.3 Å². The van der Waals surface area contributed by atoms with Gasteiger partial charge in [0, 0.05) is 16.7 Å². The fraction of sp³-hybridized carbons (Fsp3) is 0.0145. The summed E-state index contributed by atoms with van der Waals surface area (Å²) in [4.78, 5) is 10.8. The van der Waals surface area contributed by atoms with Crippen LogP contribution in [0.3, 0.4) is 0 Å². The largest absolute Gasteiger partial charge is 0.228 e. The smallest absolute Gasteiger partial charge is 0.160 e. The van der Waals surface area contributed by atoms with Crippen molar-refractivity contribution >= 4 is 43.1 Å². The molecule has 0 radical (unpaired) electrons. The maximum atomic E-state index is 5.44. The normalized spacial score (nSPS) is 12.6. The van der Waals surface area contributed by atoms with E-state index in [0.717, 1.165) is 33.5 Å². The summed E-state index contributed by atoms with van der Waals surface area (Å²) in [5, 5.41) is 9.74. The van der Waals surface area contributed by atoms with E-state index in [9.17, 15) is 0 Å². The zero-order chi connectivity index (χ0) is 46.9. The third-order valence-corrected chi connectivity index (χ3v) is 15.0. The molecule has 0 N–H and O–H groups in total. The zero-order valence-corrected chi connectivity index (χ0v) is 38.8. The van der Waals surface area contributed by atoms with Crippen LogP contribution < -0.4 is 0 Å². The molecule has 0 atom stereocenters. The second kappa shape index (κ2) is 16.5. The topological polar surface area (TPSA) is 25.8 Å². The molecule has 0 spiro atoms. The Kier molecular flexibility index (Phi) is 9.47. The first-order chi connectivity index (χ1) is 35.2. The van der Waals surface area contributed by atoms with Crippen LogP contribution in [0.15, 0.2) is 267 Å². The molecule has 1 aromatic heterocycles. The van der Waals surface area contributed by atoms with Crippen LogP contribution >= 0.6 is 0 Å². The molecule has 2 heteroatoms. The van der Waals surface area contributed by atoms with Crippen molar-refractivity contribution < 1.29 is 0 Å². The molecule has 0 bridgehead atoms. The minimum absolute atomic E-state index is 0.482. The molecule has 0 aliphatic heterocycles. The van der Waals surface area contributed by atoms with Crippen LogP contribution in [0.25, 0.3) is 110 Å². The quantitative estimate of drug-likeness (QED) is 0.118. The van der Waals surface area contributed by atoms with Gasteiger partial charge < -0.3 is 0 Å². The Labute approximate surface area is 412 Å². The minimum Gasteiger partial charge on any atom is -0.228 e. The Morgan fingerprint density at radius 2 is 0.789 bits per heavy atom. The van der Waals surface area contributed by atoms with Crippen molar-refractivity contribution in [1.82, 2.24) is 9.97 Å². The first-order valence-corrected chi connectivity index (χ1v) is 24.5. The summed E-state index contributed by atoms with van der Waals surface area (Å²) in [6.07, 6.45) is 0. The highest BCUT2D eigenvalue weighted by atomic mass is 14.9. The van der Waals surface area contributed by atoms with Gasteiger partial charge in [0.05, 0.1) is 16.8 Å². The third kappa shape index (κ3) is 6.35. The predicted octanol–water partition coefficient (Wildman–Crippen LogP) is 17.8. The Morgan fingerprint density at radius 1 is 0.268 bits per heavy atom. The monoisotopic (exact) mass is 900 g/mol. The number of hydrogen-bond donors (Lipinski definition) is 0. The Balaban J connectivity index is 0.999. The van der Waals surface area contributed by atoms with Crippen molar-refractivity contribution in [2.24, 2.45) is 0 Å². The Morgan fingerprint density at radius 3 is 1.49 bits per heavy atom. The summed E-state index contributed by atoms with van der Waals surface area (Å²) in [6.45, 7) is 0. The van der Waals surface area contributed by atoms with Gasteiger partial charge in [0.2, 0.25) is 0 Å². The van der Waals surface area contributed by atoms with Crippen LogP contribution in [0.4, 0.5) is 0 Å². The molecule has 0 unspecified atom stereocenters. The van der Waals surface area contributed by atoms with Gasteiger partial charge in [0.15, 0.2) is 5.82 Å². The van der Waals surface area contributed by atoms with Crippen molar-refractivity contribution in [3.63, 3.8) is 0 Å². The van der Waals surface area contributed by atoms with Crippen molar-refractivity contribution in [3.8, 4) is 67.3 Å². The standard InChI is InChI=1S/C69H44N2/c1-5-22-46(23-6-1)65-56-34-17-18-35-57(56)67(66-51-30-14-13-21-45(51)37-39-59(65)66)58-41-40-55(52-31-15-16-32-53(52)58)64-44-63(70-68(71-64)47-24-7-2-8-25-47)48-38-42-62-60(43-48)54-33-19-20-36-61(54)69(62,49-26-9-3-10-27-49)50-28-11-4-12-29-50/h1-44H. The van der Waals surface area contributed by atoms with E-state index in [1.807, 2.05) is 6.07 Å². The molecule has 71 heavy (non-hydrogen) atoms. The molecule has 1 aliphatic carbocycles. The van der Waals surface area contributed by atoms with Crippen LogP contribution in [0.2, 0.25) is 0 Å². The molecule has 0 fully saturated rings. The lowest BCUT2D eigenvalue weighted by Gasteiger charge is -2.33. The molecule has 14 rings (SSSR count). The lowest BCUT2D eigenvalue weighted by molar-refractivity contribution is 0.768. The van der Waals surface area contributed by atoms with Gasteiger partial charge >= 0.3 is 0 Å². The van der Waals surface area contributed by atoms with Crippen molar-refractivity contribution in [2.75, 3.05) is 0 Å². The third-order valence-electron chi connectivity index (χ3n) is 15.0. The first-order valence-electron chi connectivity index (χ1n) is 24.5. The predicted molar refractivity (Wildman–Crippen MR) is 297 cm³/mol. The number of rotatable bonds is 7. The van der Waals surface area contributed by atoms with E-state index < -0.39 is 5.41 Å². The number of aromatic nitrogens is 2. The lowest BCUT2D eigenvalue weighted by atomic mass is 9.67. The molecule has 13 aromatic rings. The van der Waals surface area contributed by atoms with E-state index >= 15 is 0 Å². The number of hydrogen-bond acceptors (Lipinski definition) is 2. The van der Waals surface area contributed by atoms with Gasteiger partial charge in [0.1, 0.15) is 0 Å². The number of fused-ring (bicyclic) bond motifs is 8. The van der Waals surface area contributed by atoms with E-state index in [1.54, 1.807) is 0 Å². The average molecular weight is 901 g/mol. The highest BCUT2D eigenvalue weighted by molar-refractivity contribution is 6.29. The fourth-order valence-electron chi connectivity index (χ4n) is 11.9. The lowest BCUT2D eigenvalue weighted by Crippen LogP contribution is -2.28. The van der Waals surface area contributed by atoms with Crippen LogP contribution in [-0.2, 0) is 5.41 Å². The van der Waals surface area contributed by atoms with Crippen LogP contribution in [0, 0.1) is 0 Å². The highest BCUT2D eigenvalue weighted by Gasteiger charge is 2.46. The second-order valence-electron chi connectivity index (χ2n) is 18.7. The molecular weight excluding hydrogens is 857 g/mol. The molecule has 330 valence electrons. The van der Waals surface area contributed by atoms with Gasteiger partial charge in [-0.15, -0.1) is 0 Å². The maximum Gasteiger partial charge on any atom is 0.160 e. The van der Waals surface area contributed by atoms with Gasteiger partial charge in [0.25, 0.3) is 0 Å². The summed E-state index contributed by atoms with van der Waals surface area (Å²) in [7, 11) is 0. The summed E-state index contributed by atoms with van der Waals surface area (Å²) in [6, 6.07) is 97.2. The van der Waals surface area contributed by atoms with Crippen LogP contribution in [-0.4, -0.2) is 9.97 Å². The van der Waals surface area contributed by atoms with E-state index in [4.69, 9.17) is 9.97 Å². The molecular formula is C69H44N2. The average Bonchev–Trinajstić information content (AvgIpc) is 3.75. The highest BCUT2D eigenvalue weighted by Crippen LogP contribution is 2.57. The number of nitrogens with zero attached hydrogens (tertiary/aromatic N) is 2. The SMILES string of the molecule is c1ccc(-c2nc(-c3ccc4c(c3)-c3ccccc3C4(c3ccccc3)c3ccccc3)cc(-c3ccc(-c4c5ccccc5c(-c5ccccc5)c5ccc6ccccc6c45)c4ccccc34)n2)cc1. The Bertz CT molecular complexity index is 4160. The van der Waals surface area contributed by atoms with Crippen molar-refractivity contribution in [3.05, 3.63) is 289 Å². The molecule has 1 heterocycles. The summed E-state index contributed by atoms with van der Waals surface area (Å²) in [5.74, 6) is 0.690. The summed E-state index contributed by atoms with van der Waals surface area (Å²) >= 11 is 0. The van der Waals surface area contributed by atoms with Gasteiger partial charge in [-0.1, -0.05) is 255 Å². The molecule has 0 saturated carbocycles. The zero-order valence-electron chi connectivity index (χ0n) is 38.8. The van der Waals surface area contributed by atoms with Gasteiger partial charge in [-0.3, -0.25) is 0 Å². The second-order valence-corrected chi connectivity index (χ2v) is 18.7. The summed E-state index contributed by atoms with van der Waals surface area (Å²) in [5.41, 5.74) is 16.7. The van der Waals surface area contributed by atoms with E-state index in [2.05, 4.69) is 261 Å². The minimum atomic E-state index is -0.482. The van der Waals surface area contributed by atoms with Crippen molar-refractivity contribution in [1.29, 1.82) is 0 Å². The Hall–Kier alpha value is -9.24. The van der Waals surface area contributed by atoms with E-state index in [0.29, 0.717) is 5.82 Å². The molecule has 12 aromatic carbocycles. The molecule has 0 saturated heterocycles. The van der Waals surface area contributed by atoms with Crippen LogP contribution in [0.5, 0.6) is 0 Å². The van der Waals surface area contributed by atoms with Gasteiger partial charge in [-0.05, 0) is 111 Å². The first kappa shape index (κ1) is 40.8. The molecule has 2 nitrogen and oxygen atoms in total. The van der Waals surface area contributed by atoms with E-state index in [1.165, 1.54) is 93.3 Å². The fourth-order valence-corrected chi connectivity index (χ4v) is 11.9. The summed E-state index contributed by atoms with van der Waals surface area (Å²) < 4.78 is 0. The maximum absolute atomic E-state index is 5.44. The van der Waals surface area contributed by atoms with Gasteiger partial charge in [-0.2, -0.15) is 0 Å².